The Hall–Kier alpha value is -0.771. The molecule has 0 amide bonds. The maximum absolute atomic E-state index is 2.94. The van der Waals surface area contributed by atoms with Crippen LogP contribution in [0.1, 0.15) is 129 Å². The van der Waals surface area contributed by atoms with E-state index in [-0.39, 0.29) is 0 Å². The van der Waals surface area contributed by atoms with E-state index < -0.39 is 30.1 Å². The second-order valence-electron chi connectivity index (χ2n) is 11.7. The first-order valence-corrected chi connectivity index (χ1v) is 17.3. The van der Waals surface area contributed by atoms with Crippen molar-refractivity contribution in [3.8, 4) is 0 Å². The summed E-state index contributed by atoms with van der Waals surface area (Å²) < 4.78 is 8.68. The van der Waals surface area contributed by atoms with Crippen LogP contribution in [0.25, 0.3) is 0 Å². The molecule has 1 fully saturated rings. The number of hydrogen-bond donors (Lipinski definition) is 0. The fourth-order valence-electron chi connectivity index (χ4n) is 5.23. The molecule has 0 aliphatic carbocycles. The molecule has 3 rings (SSSR count). The van der Waals surface area contributed by atoms with Crippen molar-refractivity contribution in [1.82, 2.24) is 4.67 Å². The molecule has 2 radical (unpaired) electrons. The Morgan fingerprint density at radius 3 is 1.06 bits per heavy atom. The van der Waals surface area contributed by atoms with Crippen molar-refractivity contribution in [1.29, 1.82) is 0 Å². The first kappa shape index (κ1) is 28.8. The van der Waals surface area contributed by atoms with Gasteiger partial charge in [-0.1, -0.05) is 0 Å². The van der Waals surface area contributed by atoms with Gasteiger partial charge in [0.25, 0.3) is 0 Å². The molecule has 35 heavy (non-hydrogen) atoms. The fourth-order valence-corrected chi connectivity index (χ4v) is 14.6. The van der Waals surface area contributed by atoms with Gasteiger partial charge in [0, 0.05) is 0 Å². The molecule has 3 nitrogen and oxygen atoms in total. The molecular weight excluding hydrogens is 552 g/mol. The fraction of sp³-hybridized carbons (Fsp3) is 0.600. The van der Waals surface area contributed by atoms with Crippen LogP contribution >= 0.6 is 8.37 Å². The van der Waals surface area contributed by atoms with E-state index in [1.165, 1.54) is 22.3 Å². The topological polar surface area (TPSA) is 9.72 Å². The Labute approximate surface area is 228 Å². The SMILES string of the molecule is CC(C)c1cccc(C(C)C)c1[N]1[Sn][N](c2c(C(C)C)cccc2C(C)C)P1N(C(C)C)C(C)C. The van der Waals surface area contributed by atoms with Gasteiger partial charge in [-0.3, -0.25) is 0 Å². The van der Waals surface area contributed by atoms with Crippen LogP contribution in [0, 0.1) is 0 Å². The maximum atomic E-state index is 2.94. The van der Waals surface area contributed by atoms with E-state index in [9.17, 15) is 0 Å². The van der Waals surface area contributed by atoms with Gasteiger partial charge in [0.15, 0.2) is 0 Å². The molecule has 1 saturated heterocycles. The second kappa shape index (κ2) is 11.7. The van der Waals surface area contributed by atoms with E-state index in [2.05, 4.69) is 130 Å². The standard InChI is InChI=1S/C30H48N3P.Sn/c1-19(2)25-15-13-16-26(20(3)4)29(25)31-34(33(23(9)10)24(11)12)32-30-27(21(5)6)17-14-18-28(30)22(7)8;/h13-24H,1-12H3;/q-2;+2. The number of rotatable bonds is 9. The molecule has 0 unspecified atom stereocenters. The first-order chi connectivity index (χ1) is 16.4. The number of nitrogens with zero attached hydrogens (tertiary/aromatic N) is 3. The molecule has 0 N–H and O–H groups in total. The zero-order chi connectivity index (χ0) is 26.2. The van der Waals surface area contributed by atoms with Crippen LogP contribution in [-0.2, 0) is 0 Å². The zero-order valence-electron chi connectivity index (χ0n) is 24.2. The van der Waals surface area contributed by atoms with Gasteiger partial charge < -0.3 is 0 Å². The van der Waals surface area contributed by atoms with Gasteiger partial charge in [0.2, 0.25) is 0 Å². The zero-order valence-corrected chi connectivity index (χ0v) is 28.0. The Kier molecular flexibility index (Phi) is 9.66. The molecule has 1 aliphatic heterocycles. The molecule has 1 heterocycles. The van der Waals surface area contributed by atoms with Crippen LogP contribution in [0.4, 0.5) is 11.4 Å². The minimum atomic E-state index is -1.04. The van der Waals surface area contributed by atoms with E-state index in [1.807, 2.05) is 0 Å². The number of para-hydroxylation sites is 2. The van der Waals surface area contributed by atoms with Gasteiger partial charge in [-0.15, -0.1) is 0 Å². The molecule has 192 valence electrons. The van der Waals surface area contributed by atoms with Crippen molar-refractivity contribution >= 4 is 41.4 Å². The predicted molar refractivity (Wildman–Crippen MR) is 159 cm³/mol. The van der Waals surface area contributed by atoms with Gasteiger partial charge in [-0.05, 0) is 0 Å². The third-order valence-corrected chi connectivity index (χ3v) is 16.0. The molecular formula is C30H48N3PSn. The molecule has 0 saturated carbocycles. The van der Waals surface area contributed by atoms with Crippen LogP contribution < -0.4 is 5.78 Å². The Bertz CT molecular complexity index is 869. The van der Waals surface area contributed by atoms with E-state index >= 15 is 0 Å². The summed E-state index contributed by atoms with van der Waals surface area (Å²) >= 11 is -1.04. The monoisotopic (exact) mass is 601 g/mol. The van der Waals surface area contributed by atoms with Crippen molar-refractivity contribution in [3.63, 3.8) is 0 Å². The Morgan fingerprint density at radius 1 is 0.543 bits per heavy atom. The van der Waals surface area contributed by atoms with Crippen LogP contribution in [-0.4, -0.2) is 38.4 Å². The third-order valence-electron chi connectivity index (χ3n) is 6.92. The summed E-state index contributed by atoms with van der Waals surface area (Å²) in [6.45, 7) is 28.4. The average Bonchev–Trinajstić information content (AvgIpc) is 2.75. The quantitative estimate of drug-likeness (QED) is 0.210. The molecule has 2 aromatic rings. The summed E-state index contributed by atoms with van der Waals surface area (Å²) in [7, 11) is -0.608. The van der Waals surface area contributed by atoms with Crippen molar-refractivity contribution in [3.05, 3.63) is 58.7 Å². The van der Waals surface area contributed by atoms with Crippen molar-refractivity contribution < 1.29 is 0 Å². The molecule has 1 aliphatic rings. The molecule has 0 bridgehead atoms. The molecule has 0 spiro atoms. The average molecular weight is 600 g/mol. The van der Waals surface area contributed by atoms with Crippen molar-refractivity contribution in [2.75, 3.05) is 5.78 Å². The third kappa shape index (κ3) is 5.73. The molecule has 0 aromatic heterocycles. The van der Waals surface area contributed by atoms with Gasteiger partial charge in [-0.2, -0.15) is 0 Å². The second-order valence-corrected chi connectivity index (χ2v) is 18.8. The van der Waals surface area contributed by atoms with E-state index in [4.69, 9.17) is 0 Å². The molecule has 0 atom stereocenters. The predicted octanol–water partition coefficient (Wildman–Crippen LogP) is 9.39. The van der Waals surface area contributed by atoms with Gasteiger partial charge in [0.1, 0.15) is 0 Å². The first-order valence-electron chi connectivity index (χ1n) is 13.6. The van der Waals surface area contributed by atoms with Gasteiger partial charge in [0.05, 0.1) is 0 Å². The van der Waals surface area contributed by atoms with Gasteiger partial charge >= 0.3 is 229 Å². The Morgan fingerprint density at radius 2 is 0.829 bits per heavy atom. The summed E-state index contributed by atoms with van der Waals surface area (Å²) in [5, 5.41) is 0. The van der Waals surface area contributed by atoms with E-state index in [0.29, 0.717) is 35.8 Å². The number of benzene rings is 2. The number of hydrogen-bond acceptors (Lipinski definition) is 3. The summed E-state index contributed by atoms with van der Waals surface area (Å²) in [4.78, 5) is 0. The van der Waals surface area contributed by atoms with Crippen LogP contribution in [0.15, 0.2) is 36.4 Å². The minimum absolute atomic E-state index is 0.494. The summed E-state index contributed by atoms with van der Waals surface area (Å²) in [5.41, 5.74) is 9.23. The number of anilines is 2. The molecule has 5 heteroatoms. The normalized spacial score (nSPS) is 15.2. The van der Waals surface area contributed by atoms with Crippen LogP contribution in [0.2, 0.25) is 0 Å². The van der Waals surface area contributed by atoms with Crippen molar-refractivity contribution in [2.24, 2.45) is 0 Å². The van der Waals surface area contributed by atoms with Crippen LogP contribution in [0.3, 0.4) is 0 Å². The summed E-state index contributed by atoms with van der Waals surface area (Å²) in [5.74, 6) is 2.09. The van der Waals surface area contributed by atoms with Crippen molar-refractivity contribution in [2.45, 2.75) is 119 Å². The molecule has 2 aromatic carbocycles. The van der Waals surface area contributed by atoms with E-state index in [1.54, 1.807) is 11.4 Å². The summed E-state index contributed by atoms with van der Waals surface area (Å²) in [6.07, 6.45) is 0. The van der Waals surface area contributed by atoms with Gasteiger partial charge in [-0.25, -0.2) is 0 Å². The van der Waals surface area contributed by atoms with E-state index in [0.717, 1.165) is 0 Å². The van der Waals surface area contributed by atoms with Crippen LogP contribution in [0.5, 0.6) is 0 Å². The Balaban J connectivity index is 2.26. The summed E-state index contributed by atoms with van der Waals surface area (Å²) in [6, 6.07) is 15.1.